The Labute approximate surface area is 155 Å². The van der Waals surface area contributed by atoms with Crippen LogP contribution in [0.3, 0.4) is 0 Å². The Balaban J connectivity index is 1.89. The van der Waals surface area contributed by atoms with Crippen molar-refractivity contribution >= 4 is 28.4 Å². The molecule has 0 aliphatic rings. The van der Waals surface area contributed by atoms with Crippen molar-refractivity contribution in [3.8, 4) is 0 Å². The van der Waals surface area contributed by atoms with Gasteiger partial charge < -0.3 is 10.3 Å². The highest BCUT2D eigenvalue weighted by molar-refractivity contribution is 6.30. The number of hydrogen-bond acceptors (Lipinski definition) is 2. The number of aromatic nitrogens is 1. The van der Waals surface area contributed by atoms with E-state index in [0.717, 1.165) is 17.5 Å². The zero-order valence-electron chi connectivity index (χ0n) is 14.2. The van der Waals surface area contributed by atoms with Gasteiger partial charge in [-0.3, -0.25) is 9.59 Å². The van der Waals surface area contributed by atoms with Gasteiger partial charge in [0.05, 0.1) is 5.52 Å². The van der Waals surface area contributed by atoms with Gasteiger partial charge in [0.15, 0.2) is 0 Å². The molecule has 2 N–H and O–H groups in total. The summed E-state index contributed by atoms with van der Waals surface area (Å²) in [6.07, 6.45) is 2.76. The van der Waals surface area contributed by atoms with Gasteiger partial charge in [-0.15, -0.1) is 0 Å². The molecule has 1 amide bonds. The van der Waals surface area contributed by atoms with Crippen LogP contribution in [0.4, 0.5) is 4.39 Å². The summed E-state index contributed by atoms with van der Waals surface area (Å²) < 4.78 is 14.2. The van der Waals surface area contributed by atoms with Crippen LogP contribution in [0.15, 0.2) is 47.4 Å². The summed E-state index contributed by atoms with van der Waals surface area (Å²) in [4.78, 5) is 27.8. The lowest BCUT2D eigenvalue weighted by Gasteiger charge is -2.08. The number of carbonyl (C=O) groups excluding carboxylic acids is 1. The van der Waals surface area contributed by atoms with E-state index >= 15 is 0 Å². The van der Waals surface area contributed by atoms with Crippen LogP contribution in [0.1, 0.15) is 34.8 Å². The van der Waals surface area contributed by atoms with E-state index in [0.29, 0.717) is 11.4 Å². The monoisotopic (exact) mass is 372 g/mol. The van der Waals surface area contributed by atoms with Gasteiger partial charge in [0.1, 0.15) is 11.4 Å². The van der Waals surface area contributed by atoms with Crippen molar-refractivity contribution in [1.29, 1.82) is 0 Å². The lowest BCUT2D eigenvalue weighted by Crippen LogP contribution is -2.28. The average molecular weight is 373 g/mol. The predicted molar refractivity (Wildman–Crippen MR) is 101 cm³/mol. The van der Waals surface area contributed by atoms with Crippen LogP contribution in [0.25, 0.3) is 10.9 Å². The largest absolute Gasteiger partial charge is 0.358 e. The van der Waals surface area contributed by atoms with Gasteiger partial charge in [0.2, 0.25) is 5.43 Å². The first-order valence-electron chi connectivity index (χ1n) is 8.36. The quantitative estimate of drug-likeness (QED) is 0.705. The summed E-state index contributed by atoms with van der Waals surface area (Å²) in [6.45, 7) is 2.24. The molecule has 0 saturated heterocycles. The topological polar surface area (TPSA) is 62.0 Å². The maximum Gasteiger partial charge on any atom is 0.257 e. The van der Waals surface area contributed by atoms with Crippen LogP contribution >= 0.6 is 11.6 Å². The maximum absolute atomic E-state index is 14.2. The first kappa shape index (κ1) is 18.1. The molecule has 0 fully saturated rings. The Bertz CT molecular complexity index is 1010. The summed E-state index contributed by atoms with van der Waals surface area (Å²) in [6, 6.07) is 10.1. The molecule has 0 saturated carbocycles. The van der Waals surface area contributed by atoms with E-state index in [1.54, 1.807) is 30.3 Å². The molecule has 0 spiro atoms. The lowest BCUT2D eigenvalue weighted by molar-refractivity contribution is 0.0949. The van der Waals surface area contributed by atoms with Crippen molar-refractivity contribution < 1.29 is 9.18 Å². The third kappa shape index (κ3) is 3.78. The van der Waals surface area contributed by atoms with E-state index < -0.39 is 17.2 Å². The number of H-pyrrole nitrogens is 1. The van der Waals surface area contributed by atoms with Crippen LogP contribution in [-0.2, 0) is 13.0 Å². The van der Waals surface area contributed by atoms with Gasteiger partial charge in [-0.25, -0.2) is 4.39 Å². The first-order chi connectivity index (χ1) is 12.5. The Morgan fingerprint density at radius 1 is 1.19 bits per heavy atom. The van der Waals surface area contributed by atoms with Crippen molar-refractivity contribution in [3.63, 3.8) is 0 Å². The second-order valence-electron chi connectivity index (χ2n) is 6.09. The molecule has 0 unspecified atom stereocenters. The van der Waals surface area contributed by atoms with Crippen molar-refractivity contribution in [3.05, 3.63) is 80.3 Å². The minimum absolute atomic E-state index is 0.0421. The van der Waals surface area contributed by atoms with Crippen LogP contribution in [0.5, 0.6) is 0 Å². The Morgan fingerprint density at radius 2 is 1.92 bits per heavy atom. The third-order valence-corrected chi connectivity index (χ3v) is 4.40. The molecule has 0 aliphatic heterocycles. The average Bonchev–Trinajstić information content (AvgIpc) is 2.62. The van der Waals surface area contributed by atoms with E-state index in [2.05, 4.69) is 10.3 Å². The van der Waals surface area contributed by atoms with E-state index in [9.17, 15) is 14.0 Å². The van der Waals surface area contributed by atoms with E-state index in [4.69, 9.17) is 11.6 Å². The minimum Gasteiger partial charge on any atom is -0.358 e. The number of pyridine rings is 1. The first-order valence-corrected chi connectivity index (χ1v) is 8.74. The van der Waals surface area contributed by atoms with Crippen LogP contribution in [-0.4, -0.2) is 10.9 Å². The fraction of sp³-hybridized carbons (Fsp3) is 0.200. The standard InChI is InChI=1S/C20H18ClFN2O2/c1-2-3-13-8-15-18(17(22)9-13)23-11-16(19(15)25)20(26)24-10-12-4-6-14(21)7-5-12/h4-9,11H,2-3,10H2,1H3,(H,23,25)(H,24,26). The Morgan fingerprint density at radius 3 is 2.62 bits per heavy atom. The van der Waals surface area contributed by atoms with E-state index in [1.165, 1.54) is 12.3 Å². The van der Waals surface area contributed by atoms with Crippen molar-refractivity contribution in [2.24, 2.45) is 0 Å². The number of rotatable bonds is 5. The normalized spacial score (nSPS) is 10.9. The zero-order valence-corrected chi connectivity index (χ0v) is 15.0. The predicted octanol–water partition coefficient (Wildman–Crippen LogP) is 4.20. The van der Waals surface area contributed by atoms with Crippen molar-refractivity contribution in [2.75, 3.05) is 0 Å². The second-order valence-corrected chi connectivity index (χ2v) is 6.53. The number of aromatic amines is 1. The molecular weight excluding hydrogens is 355 g/mol. The zero-order chi connectivity index (χ0) is 18.7. The number of benzene rings is 2. The van der Waals surface area contributed by atoms with Gasteiger partial charge in [-0.1, -0.05) is 37.1 Å². The van der Waals surface area contributed by atoms with Crippen LogP contribution < -0.4 is 10.7 Å². The highest BCUT2D eigenvalue weighted by atomic mass is 35.5. The SMILES string of the molecule is CCCc1cc(F)c2[nH]cc(C(=O)NCc3ccc(Cl)cc3)c(=O)c2c1. The minimum atomic E-state index is -0.510. The third-order valence-electron chi connectivity index (χ3n) is 4.15. The number of halogens is 2. The van der Waals surface area contributed by atoms with E-state index in [1.807, 2.05) is 6.92 Å². The molecule has 3 rings (SSSR count). The molecule has 134 valence electrons. The molecule has 1 heterocycles. The Hall–Kier alpha value is -2.66. The maximum atomic E-state index is 14.2. The molecule has 0 atom stereocenters. The summed E-state index contributed by atoms with van der Waals surface area (Å²) in [5, 5.41) is 3.49. The second kappa shape index (κ2) is 7.70. The van der Waals surface area contributed by atoms with Gasteiger partial charge in [0, 0.05) is 23.2 Å². The molecule has 0 bridgehead atoms. The number of amides is 1. The molecular formula is C20H18ClFN2O2. The van der Waals surface area contributed by atoms with E-state index in [-0.39, 0.29) is 23.0 Å². The fourth-order valence-electron chi connectivity index (χ4n) is 2.83. The smallest absolute Gasteiger partial charge is 0.257 e. The molecule has 26 heavy (non-hydrogen) atoms. The number of fused-ring (bicyclic) bond motifs is 1. The fourth-order valence-corrected chi connectivity index (χ4v) is 2.95. The highest BCUT2D eigenvalue weighted by Gasteiger charge is 2.15. The van der Waals surface area contributed by atoms with Gasteiger partial charge in [0.25, 0.3) is 5.91 Å². The lowest BCUT2D eigenvalue weighted by atomic mass is 10.0. The Kier molecular flexibility index (Phi) is 5.38. The number of aryl methyl sites for hydroxylation is 1. The highest BCUT2D eigenvalue weighted by Crippen LogP contribution is 2.17. The summed E-state index contributed by atoms with van der Waals surface area (Å²) in [5.74, 6) is -0.999. The van der Waals surface area contributed by atoms with Gasteiger partial charge in [-0.2, -0.15) is 0 Å². The number of carbonyl (C=O) groups is 1. The van der Waals surface area contributed by atoms with Gasteiger partial charge in [-0.05, 0) is 41.8 Å². The van der Waals surface area contributed by atoms with Crippen LogP contribution in [0.2, 0.25) is 5.02 Å². The number of hydrogen-bond donors (Lipinski definition) is 2. The molecule has 2 aromatic carbocycles. The summed E-state index contributed by atoms with van der Waals surface area (Å²) >= 11 is 5.83. The summed E-state index contributed by atoms with van der Waals surface area (Å²) in [5.41, 5.74) is 1.19. The van der Waals surface area contributed by atoms with Crippen molar-refractivity contribution in [2.45, 2.75) is 26.3 Å². The number of nitrogens with one attached hydrogen (secondary N) is 2. The van der Waals surface area contributed by atoms with Gasteiger partial charge >= 0.3 is 0 Å². The van der Waals surface area contributed by atoms with Crippen molar-refractivity contribution in [1.82, 2.24) is 10.3 Å². The molecule has 1 aromatic heterocycles. The molecule has 0 aliphatic carbocycles. The molecule has 6 heteroatoms. The molecule has 0 radical (unpaired) electrons. The molecule has 4 nitrogen and oxygen atoms in total. The molecule has 3 aromatic rings. The summed E-state index contributed by atoms with van der Waals surface area (Å²) in [7, 11) is 0. The van der Waals surface area contributed by atoms with Crippen LogP contribution in [0, 0.1) is 5.82 Å².